The summed E-state index contributed by atoms with van der Waals surface area (Å²) in [6, 6.07) is 13.7. The van der Waals surface area contributed by atoms with Gasteiger partial charge in [-0.2, -0.15) is 5.10 Å². The van der Waals surface area contributed by atoms with Gasteiger partial charge in [0.25, 0.3) is 0 Å². The van der Waals surface area contributed by atoms with Crippen LogP contribution in [0.5, 0.6) is 0 Å². The number of amides is 1. The second-order valence-corrected chi connectivity index (χ2v) is 5.77. The van der Waals surface area contributed by atoms with E-state index >= 15 is 0 Å². The number of carbonyl (C=O) groups is 1. The van der Waals surface area contributed by atoms with E-state index in [1.54, 1.807) is 12.3 Å². The average molecular weight is 356 g/mol. The van der Waals surface area contributed by atoms with Crippen LogP contribution in [0.25, 0.3) is 17.0 Å². The molecule has 0 spiro atoms. The highest BCUT2D eigenvalue weighted by Gasteiger charge is 2.03. The van der Waals surface area contributed by atoms with Crippen LogP contribution in [-0.4, -0.2) is 16.1 Å². The number of benzene rings is 2. The van der Waals surface area contributed by atoms with Crippen molar-refractivity contribution in [2.75, 3.05) is 0 Å². The minimum atomic E-state index is -0.126. The third-order valence-electron chi connectivity index (χ3n) is 3.31. The molecule has 0 saturated heterocycles. The van der Waals surface area contributed by atoms with Crippen LogP contribution in [0, 0.1) is 0 Å². The molecule has 3 aromatic rings. The molecule has 22 heavy (non-hydrogen) atoms. The first kappa shape index (κ1) is 14.5. The molecular formula is C17H14BrN3O. The van der Waals surface area contributed by atoms with Crippen LogP contribution in [0.3, 0.4) is 0 Å². The molecule has 1 aromatic heterocycles. The lowest BCUT2D eigenvalue weighted by Crippen LogP contribution is -2.20. The van der Waals surface area contributed by atoms with Gasteiger partial charge in [-0.05, 0) is 29.3 Å². The first-order valence-electron chi connectivity index (χ1n) is 6.85. The zero-order valence-corrected chi connectivity index (χ0v) is 13.3. The SMILES string of the molecule is O=C(C=Cc1ccc(Br)cc1)NCc1cccc2cn[nH]c12. The molecule has 0 aliphatic heterocycles. The van der Waals surface area contributed by atoms with Gasteiger partial charge < -0.3 is 5.32 Å². The summed E-state index contributed by atoms with van der Waals surface area (Å²) in [6.45, 7) is 0.461. The summed E-state index contributed by atoms with van der Waals surface area (Å²) >= 11 is 3.38. The predicted octanol–water partition coefficient (Wildman–Crippen LogP) is 3.66. The normalized spacial score (nSPS) is 11.1. The van der Waals surface area contributed by atoms with E-state index in [4.69, 9.17) is 0 Å². The van der Waals surface area contributed by atoms with Gasteiger partial charge in [0, 0.05) is 22.5 Å². The Labute approximate surface area is 136 Å². The summed E-state index contributed by atoms with van der Waals surface area (Å²) < 4.78 is 1.02. The van der Waals surface area contributed by atoms with Gasteiger partial charge in [0.2, 0.25) is 5.91 Å². The number of nitrogens with one attached hydrogen (secondary N) is 2. The number of para-hydroxylation sites is 1. The van der Waals surface area contributed by atoms with E-state index in [0.717, 1.165) is 26.5 Å². The van der Waals surface area contributed by atoms with Crippen molar-refractivity contribution < 1.29 is 4.79 Å². The number of halogens is 1. The van der Waals surface area contributed by atoms with E-state index in [2.05, 4.69) is 31.4 Å². The zero-order chi connectivity index (χ0) is 15.4. The number of fused-ring (bicyclic) bond motifs is 1. The summed E-state index contributed by atoms with van der Waals surface area (Å²) in [4.78, 5) is 11.9. The summed E-state index contributed by atoms with van der Waals surface area (Å²) in [6.07, 6.45) is 5.10. The Morgan fingerprint density at radius 1 is 1.23 bits per heavy atom. The van der Waals surface area contributed by atoms with Gasteiger partial charge in [-0.15, -0.1) is 0 Å². The topological polar surface area (TPSA) is 57.8 Å². The number of aromatic amines is 1. The second-order valence-electron chi connectivity index (χ2n) is 4.85. The molecule has 2 N–H and O–H groups in total. The van der Waals surface area contributed by atoms with Crippen LogP contribution in [0.15, 0.2) is 59.2 Å². The van der Waals surface area contributed by atoms with E-state index in [1.165, 1.54) is 6.08 Å². The molecule has 0 bridgehead atoms. The number of carbonyl (C=O) groups excluding carboxylic acids is 1. The van der Waals surface area contributed by atoms with Gasteiger partial charge in [0.05, 0.1) is 11.7 Å². The van der Waals surface area contributed by atoms with Crippen LogP contribution < -0.4 is 5.32 Å². The Morgan fingerprint density at radius 3 is 2.86 bits per heavy atom. The van der Waals surface area contributed by atoms with Crippen LogP contribution in [0.4, 0.5) is 0 Å². The fraction of sp³-hybridized carbons (Fsp3) is 0.0588. The molecular weight excluding hydrogens is 342 g/mol. The summed E-state index contributed by atoms with van der Waals surface area (Å²) in [7, 11) is 0. The molecule has 0 fully saturated rings. The highest BCUT2D eigenvalue weighted by molar-refractivity contribution is 9.10. The maximum absolute atomic E-state index is 11.9. The van der Waals surface area contributed by atoms with E-state index in [-0.39, 0.29) is 5.91 Å². The largest absolute Gasteiger partial charge is 0.348 e. The first-order valence-corrected chi connectivity index (χ1v) is 7.64. The Balaban J connectivity index is 1.62. The number of nitrogens with zero attached hydrogens (tertiary/aromatic N) is 1. The monoisotopic (exact) mass is 355 g/mol. The minimum Gasteiger partial charge on any atom is -0.348 e. The molecule has 2 aromatic carbocycles. The number of rotatable bonds is 4. The molecule has 0 radical (unpaired) electrons. The Morgan fingerprint density at radius 2 is 2.05 bits per heavy atom. The third-order valence-corrected chi connectivity index (χ3v) is 3.84. The van der Waals surface area contributed by atoms with Gasteiger partial charge in [-0.25, -0.2) is 0 Å². The maximum Gasteiger partial charge on any atom is 0.244 e. The lowest BCUT2D eigenvalue weighted by atomic mass is 10.1. The van der Waals surface area contributed by atoms with Gasteiger partial charge in [-0.3, -0.25) is 9.89 Å². The number of aromatic nitrogens is 2. The van der Waals surface area contributed by atoms with Gasteiger partial charge in [0.15, 0.2) is 0 Å². The smallest absolute Gasteiger partial charge is 0.244 e. The maximum atomic E-state index is 11.9. The van der Waals surface area contributed by atoms with Crippen molar-refractivity contribution >= 4 is 38.8 Å². The average Bonchev–Trinajstić information content (AvgIpc) is 3.01. The molecule has 0 atom stereocenters. The Kier molecular flexibility index (Phi) is 4.34. The molecule has 0 aliphatic carbocycles. The van der Waals surface area contributed by atoms with Gasteiger partial charge in [-0.1, -0.05) is 46.3 Å². The molecule has 0 unspecified atom stereocenters. The van der Waals surface area contributed by atoms with E-state index in [9.17, 15) is 4.79 Å². The molecule has 5 heteroatoms. The highest BCUT2D eigenvalue weighted by Crippen LogP contribution is 2.15. The minimum absolute atomic E-state index is 0.126. The molecule has 0 aliphatic rings. The highest BCUT2D eigenvalue weighted by atomic mass is 79.9. The van der Waals surface area contributed by atoms with Crippen LogP contribution in [0.1, 0.15) is 11.1 Å². The van der Waals surface area contributed by atoms with Crippen molar-refractivity contribution in [3.8, 4) is 0 Å². The van der Waals surface area contributed by atoms with Crippen molar-refractivity contribution in [1.82, 2.24) is 15.5 Å². The second kappa shape index (κ2) is 6.58. The lowest BCUT2D eigenvalue weighted by molar-refractivity contribution is -0.116. The number of H-pyrrole nitrogens is 1. The molecule has 0 saturated carbocycles. The quantitative estimate of drug-likeness (QED) is 0.701. The van der Waals surface area contributed by atoms with E-state index in [0.29, 0.717) is 6.54 Å². The number of hydrogen-bond donors (Lipinski definition) is 2. The van der Waals surface area contributed by atoms with Crippen molar-refractivity contribution in [2.45, 2.75) is 6.54 Å². The van der Waals surface area contributed by atoms with Gasteiger partial charge >= 0.3 is 0 Å². The molecule has 3 rings (SSSR count). The van der Waals surface area contributed by atoms with E-state index in [1.807, 2.05) is 42.5 Å². The van der Waals surface area contributed by atoms with Crippen LogP contribution in [0.2, 0.25) is 0 Å². The Hall–Kier alpha value is -2.40. The van der Waals surface area contributed by atoms with Crippen molar-refractivity contribution in [3.63, 3.8) is 0 Å². The summed E-state index contributed by atoms with van der Waals surface area (Å²) in [5.74, 6) is -0.126. The number of hydrogen-bond acceptors (Lipinski definition) is 2. The fourth-order valence-corrected chi connectivity index (χ4v) is 2.43. The zero-order valence-electron chi connectivity index (χ0n) is 11.7. The van der Waals surface area contributed by atoms with Gasteiger partial charge in [0.1, 0.15) is 0 Å². The summed E-state index contributed by atoms with van der Waals surface area (Å²) in [5.41, 5.74) is 2.95. The third kappa shape index (κ3) is 3.43. The molecule has 4 nitrogen and oxygen atoms in total. The van der Waals surface area contributed by atoms with Crippen molar-refractivity contribution in [1.29, 1.82) is 0 Å². The van der Waals surface area contributed by atoms with Crippen LogP contribution >= 0.6 is 15.9 Å². The predicted molar refractivity (Wildman–Crippen MR) is 91.1 cm³/mol. The molecule has 1 amide bonds. The van der Waals surface area contributed by atoms with Crippen molar-refractivity contribution in [3.05, 3.63) is 70.3 Å². The Bertz CT molecular complexity index is 821. The summed E-state index contributed by atoms with van der Waals surface area (Å²) in [5, 5.41) is 10.9. The first-order chi connectivity index (χ1) is 10.7. The van der Waals surface area contributed by atoms with Crippen LogP contribution in [-0.2, 0) is 11.3 Å². The van der Waals surface area contributed by atoms with Crippen molar-refractivity contribution in [2.24, 2.45) is 0 Å². The lowest BCUT2D eigenvalue weighted by Gasteiger charge is -2.04. The standard InChI is InChI=1S/C17H14BrN3O/c18-15-7-4-12(5-8-15)6-9-16(22)19-10-13-2-1-3-14-11-20-21-17(13)14/h1-9,11H,10H2,(H,19,22)(H,20,21). The fourth-order valence-electron chi connectivity index (χ4n) is 2.16. The molecule has 1 heterocycles. The molecule has 110 valence electrons. The van der Waals surface area contributed by atoms with E-state index < -0.39 is 0 Å².